The first-order valence-electron chi connectivity index (χ1n) is 25.1. The van der Waals surface area contributed by atoms with E-state index in [1.165, 1.54) is 50.5 Å². The largest absolute Gasteiger partial charge is 0.697 e. The number of esters is 4. The van der Waals surface area contributed by atoms with E-state index in [1.807, 2.05) is 0 Å². The molecule has 7 atom stereocenters. The van der Waals surface area contributed by atoms with Gasteiger partial charge in [-0.15, -0.1) is 9.05 Å². The van der Waals surface area contributed by atoms with E-state index >= 15 is 0 Å². The molecule has 0 aliphatic carbocycles. The molecule has 2 aromatic heterocycles. The molecular weight excluding hydrogens is 1120 g/mol. The fourth-order valence-corrected chi connectivity index (χ4v) is 9.63. The lowest BCUT2D eigenvalue weighted by molar-refractivity contribution is -0.0566. The topological polar surface area (TPSA) is 424 Å². The zero-order valence-corrected chi connectivity index (χ0v) is 45.1. The van der Waals surface area contributed by atoms with Crippen LogP contribution in [0, 0.1) is 13.8 Å². The molecule has 4 aromatic carbocycles. The van der Waals surface area contributed by atoms with Crippen LogP contribution >= 0.6 is 8.25 Å². The number of rotatable bonds is 24. The van der Waals surface area contributed by atoms with E-state index < -0.39 is 93.6 Å². The fraction of sp³-hybridized carbons (Fsp3) is 0.308. The van der Waals surface area contributed by atoms with Gasteiger partial charge in [0.25, 0.3) is 0 Å². The Kier molecular flexibility index (Phi) is 20.2. The highest BCUT2D eigenvalue weighted by molar-refractivity contribution is 7.33. The Bertz CT molecular complexity index is 3860. The molecule has 32 heteroatoms. The van der Waals surface area contributed by atoms with E-state index in [-0.39, 0.29) is 84.2 Å². The Morgan fingerprint density at radius 1 is 0.560 bits per heavy atom. The predicted molar refractivity (Wildman–Crippen MR) is 289 cm³/mol. The quantitative estimate of drug-likeness (QED) is 0.0179. The first kappa shape index (κ1) is 59.8. The summed E-state index contributed by atoms with van der Waals surface area (Å²) >= 11 is 0. The number of aromatic nitrogens is 4. The molecule has 0 N–H and O–H groups in total. The van der Waals surface area contributed by atoms with Crippen molar-refractivity contribution in [2.24, 2.45) is 20.5 Å². The van der Waals surface area contributed by atoms with E-state index in [9.17, 15) is 33.3 Å². The molecule has 0 saturated carbocycles. The molecule has 31 nitrogen and oxygen atoms in total. The van der Waals surface area contributed by atoms with Gasteiger partial charge in [-0.3, -0.25) is 9.13 Å². The third-order valence-corrected chi connectivity index (χ3v) is 13.7. The van der Waals surface area contributed by atoms with E-state index in [1.54, 1.807) is 72.8 Å². The summed E-state index contributed by atoms with van der Waals surface area (Å²) in [4.78, 5) is 100. The Morgan fingerprint density at radius 2 is 0.929 bits per heavy atom. The number of azide groups is 4. The molecule has 0 amide bonds. The molecule has 2 saturated heterocycles. The molecule has 84 heavy (non-hydrogen) atoms. The molecule has 1 unspecified atom stereocenters. The Balaban J connectivity index is 1.02. The second-order valence-electron chi connectivity index (χ2n) is 18.2. The van der Waals surface area contributed by atoms with Gasteiger partial charge in [0, 0.05) is 60.6 Å². The van der Waals surface area contributed by atoms with Crippen molar-refractivity contribution in [1.29, 1.82) is 0 Å². The standard InChI is InChI=1S/C52H46N16O15P/c1-29-25-67(51(73)61-45(29)81-49(71)37-17-9-5-13-33(37)23-59-65-55)43-19-39(80-48(70)36-16-8-4-12-32(36)22-58-64-54)42(79-43)28-77-84(75)83-40-20-44(78-41(40)27-76-47(69)35-15-7-3-11-31(35)21-57-63-53)68-26-30(2)46(62-52(68)74)82-50(72)38-18-10-6-14-34(38)24-60-66-56/h3-18,25-26,39-44H,19-24,27-28H2,1-2H3/q+1/t39-,40-,41+,42+,43+,44+/m0/s1. The summed E-state index contributed by atoms with van der Waals surface area (Å²) in [7, 11) is -3.20. The van der Waals surface area contributed by atoms with E-state index in [4.69, 9.17) is 59.6 Å². The van der Waals surface area contributed by atoms with Crippen LogP contribution in [0.4, 0.5) is 0 Å². The zero-order valence-electron chi connectivity index (χ0n) is 44.2. The molecule has 6 aromatic rings. The normalized spacial score (nSPS) is 17.9. The lowest BCUT2D eigenvalue weighted by Crippen LogP contribution is -2.32. The van der Waals surface area contributed by atoms with Crippen LogP contribution in [-0.4, -0.2) is 80.6 Å². The second kappa shape index (κ2) is 28.4. The van der Waals surface area contributed by atoms with Crippen LogP contribution < -0.4 is 20.9 Å². The van der Waals surface area contributed by atoms with E-state index in [0.717, 1.165) is 9.13 Å². The molecule has 428 valence electrons. The summed E-state index contributed by atoms with van der Waals surface area (Å²) in [5, 5.41) is 14.1. The molecule has 0 radical (unpaired) electrons. The summed E-state index contributed by atoms with van der Waals surface area (Å²) in [6, 6.07) is 24.8. The van der Waals surface area contributed by atoms with Crippen LogP contribution in [0.15, 0.2) is 140 Å². The van der Waals surface area contributed by atoms with Crippen molar-refractivity contribution in [1.82, 2.24) is 19.1 Å². The van der Waals surface area contributed by atoms with Crippen molar-refractivity contribution < 1.29 is 61.2 Å². The van der Waals surface area contributed by atoms with Gasteiger partial charge in [0.1, 0.15) is 50.1 Å². The number of hydrogen-bond donors (Lipinski definition) is 0. The third-order valence-electron chi connectivity index (χ3n) is 12.9. The van der Waals surface area contributed by atoms with Gasteiger partial charge in [0.05, 0.1) is 48.4 Å². The van der Waals surface area contributed by atoms with Crippen molar-refractivity contribution in [3.8, 4) is 11.8 Å². The summed E-state index contributed by atoms with van der Waals surface area (Å²) in [6.45, 7) is 1.14. The zero-order chi connectivity index (χ0) is 59.7. The number of carbonyl (C=O) groups is 4. The molecule has 2 aliphatic heterocycles. The highest BCUT2D eigenvalue weighted by atomic mass is 31.1. The Hall–Kier alpha value is -10.3. The van der Waals surface area contributed by atoms with Crippen molar-refractivity contribution in [2.45, 2.75) is 89.7 Å². The van der Waals surface area contributed by atoms with Gasteiger partial charge in [0.15, 0.2) is 0 Å². The molecule has 0 spiro atoms. The average Bonchev–Trinajstić information content (AvgIpc) is 4.12. The number of ether oxygens (including phenoxy) is 6. The maximum Gasteiger partial charge on any atom is 0.697 e. The highest BCUT2D eigenvalue weighted by Crippen LogP contribution is 2.40. The van der Waals surface area contributed by atoms with Gasteiger partial charge in [-0.25, -0.2) is 28.8 Å². The molecule has 4 heterocycles. The SMILES string of the molecule is Cc1cn([C@H]2C[C@H](OC(=O)c3ccccc3CN=[N+]=[N-])[C@@H](CO[P+](=O)O[C@H]3C[C@H](n4cc(C)c(OC(=O)c5ccccc5CN=[N+]=[N-])nc4=O)O[C@@H]3COC(=O)c3ccccc3CN=[N+]=[N-])O2)c(=O)nc1OC(=O)c1ccccc1CN=[N+]=[N-]. The minimum Gasteiger partial charge on any atom is -0.459 e. The minimum absolute atomic E-state index is 0.0378. The average molecular weight is 1170 g/mol. The van der Waals surface area contributed by atoms with Gasteiger partial charge in [-0.1, -0.05) is 93.3 Å². The first-order valence-corrected chi connectivity index (χ1v) is 26.2. The summed E-state index contributed by atoms with van der Waals surface area (Å²) in [5.41, 5.74) is 35.6. The van der Waals surface area contributed by atoms with Crippen molar-refractivity contribution in [2.75, 3.05) is 13.2 Å². The van der Waals surface area contributed by atoms with E-state index in [0.29, 0.717) is 22.3 Å². The Morgan fingerprint density at radius 3 is 1.35 bits per heavy atom. The Labute approximate surface area is 474 Å². The van der Waals surface area contributed by atoms with Crippen molar-refractivity contribution >= 4 is 32.1 Å². The van der Waals surface area contributed by atoms with Crippen molar-refractivity contribution in [3.63, 3.8) is 0 Å². The van der Waals surface area contributed by atoms with Crippen LogP contribution in [0.3, 0.4) is 0 Å². The van der Waals surface area contributed by atoms with Gasteiger partial charge in [-0.05, 0) is 82.5 Å². The van der Waals surface area contributed by atoms with Crippen LogP contribution in [0.25, 0.3) is 41.8 Å². The second-order valence-corrected chi connectivity index (χ2v) is 19.2. The molecule has 0 bridgehead atoms. The molecule has 8 rings (SSSR count). The lowest BCUT2D eigenvalue weighted by atomic mass is 10.1. The van der Waals surface area contributed by atoms with E-state index in [2.05, 4.69) is 50.1 Å². The van der Waals surface area contributed by atoms with Crippen LogP contribution in [-0.2, 0) is 58.7 Å². The maximum atomic E-state index is 14.0. The molecule has 2 fully saturated rings. The summed E-state index contributed by atoms with van der Waals surface area (Å²) in [6.07, 6.45) is -5.36. The van der Waals surface area contributed by atoms with Gasteiger partial charge >= 0.3 is 43.5 Å². The third kappa shape index (κ3) is 14.8. The van der Waals surface area contributed by atoms with Crippen LogP contribution in [0.5, 0.6) is 11.8 Å². The number of nitrogens with zero attached hydrogens (tertiary/aromatic N) is 16. The fourth-order valence-electron chi connectivity index (χ4n) is 8.86. The number of carbonyl (C=O) groups excluding carboxylic acids is 4. The predicted octanol–water partition coefficient (Wildman–Crippen LogP) is 9.51. The summed E-state index contributed by atoms with van der Waals surface area (Å²) in [5.74, 6) is -4.20. The molecular formula is C52H46N16O15P+. The van der Waals surface area contributed by atoms with Crippen molar-refractivity contribution in [3.05, 3.63) is 228 Å². The number of hydrogen-bond acceptors (Lipinski definition) is 21. The highest BCUT2D eigenvalue weighted by Gasteiger charge is 2.47. The first-order chi connectivity index (χ1) is 40.7. The number of benzene rings is 4. The summed E-state index contributed by atoms with van der Waals surface area (Å²) < 4.78 is 62.9. The van der Waals surface area contributed by atoms with Crippen LogP contribution in [0.2, 0.25) is 0 Å². The lowest BCUT2D eigenvalue weighted by Gasteiger charge is -2.18. The monoisotopic (exact) mass is 1170 g/mol. The number of aryl methyl sites for hydroxylation is 2. The smallest absolute Gasteiger partial charge is 0.459 e. The van der Waals surface area contributed by atoms with Gasteiger partial charge in [-0.2, -0.15) is 9.97 Å². The van der Waals surface area contributed by atoms with Gasteiger partial charge in [0.2, 0.25) is 11.8 Å². The van der Waals surface area contributed by atoms with Crippen LogP contribution in [0.1, 0.15) is 100 Å². The van der Waals surface area contributed by atoms with Gasteiger partial charge < -0.3 is 28.4 Å². The maximum absolute atomic E-state index is 14.0. The molecule has 2 aliphatic rings. The minimum atomic E-state index is -3.20.